The Kier molecular flexibility index (Phi) is 5.89. The minimum atomic E-state index is 0.793. The van der Waals surface area contributed by atoms with Crippen molar-refractivity contribution in [2.24, 2.45) is 0 Å². The van der Waals surface area contributed by atoms with E-state index in [1.54, 1.807) is 9.75 Å². The van der Waals surface area contributed by atoms with Crippen LogP contribution < -0.4 is 0 Å². The number of rotatable bonds is 6. The lowest BCUT2D eigenvalue weighted by Crippen LogP contribution is -2.45. The zero-order valence-corrected chi connectivity index (χ0v) is 15.9. The van der Waals surface area contributed by atoms with Crippen molar-refractivity contribution in [3.05, 3.63) is 21.9 Å². The quantitative estimate of drug-likeness (QED) is 0.775. The van der Waals surface area contributed by atoms with Crippen LogP contribution in [0.5, 0.6) is 0 Å². The molecule has 24 heavy (non-hydrogen) atoms. The van der Waals surface area contributed by atoms with Crippen LogP contribution >= 0.6 is 11.3 Å². The number of hydrogen-bond donors (Lipinski definition) is 0. The fourth-order valence-corrected chi connectivity index (χ4v) is 5.78. The van der Waals surface area contributed by atoms with Gasteiger partial charge in [0.15, 0.2) is 0 Å². The molecular weight excluding hydrogens is 314 g/mol. The molecule has 4 rings (SSSR count). The maximum atomic E-state index is 2.79. The summed E-state index contributed by atoms with van der Waals surface area (Å²) in [5.74, 6) is 0. The molecule has 3 saturated heterocycles. The molecule has 1 atom stereocenters. The Morgan fingerprint density at radius 2 is 1.38 bits per heavy atom. The van der Waals surface area contributed by atoms with Crippen LogP contribution in [0.15, 0.2) is 12.1 Å². The second kappa shape index (κ2) is 8.31. The molecule has 3 aliphatic rings. The van der Waals surface area contributed by atoms with Gasteiger partial charge in [0.05, 0.1) is 0 Å². The Morgan fingerprint density at radius 1 is 0.750 bits per heavy atom. The molecule has 1 aromatic heterocycles. The van der Waals surface area contributed by atoms with Crippen molar-refractivity contribution in [3.8, 4) is 0 Å². The van der Waals surface area contributed by atoms with Crippen LogP contribution in [0.4, 0.5) is 0 Å². The van der Waals surface area contributed by atoms with Gasteiger partial charge in [0.2, 0.25) is 0 Å². The van der Waals surface area contributed by atoms with E-state index < -0.39 is 0 Å². The number of likely N-dealkylation sites (tertiary alicyclic amines) is 3. The first-order valence-corrected chi connectivity index (χ1v) is 10.9. The van der Waals surface area contributed by atoms with E-state index in [2.05, 4.69) is 38.2 Å². The lowest BCUT2D eigenvalue weighted by Gasteiger charge is -2.37. The normalized spacial score (nSPS) is 27.2. The summed E-state index contributed by atoms with van der Waals surface area (Å²) in [6.07, 6.45) is 9.84. The first-order valence-electron chi connectivity index (χ1n) is 10.1. The molecule has 1 unspecified atom stereocenters. The summed E-state index contributed by atoms with van der Waals surface area (Å²) in [5, 5.41) is 0. The molecule has 0 aromatic carbocycles. The molecule has 3 nitrogen and oxygen atoms in total. The highest BCUT2D eigenvalue weighted by atomic mass is 32.1. The summed E-state index contributed by atoms with van der Waals surface area (Å²) in [6, 6.07) is 5.58. The van der Waals surface area contributed by atoms with Gasteiger partial charge >= 0.3 is 0 Å². The monoisotopic (exact) mass is 347 g/mol. The Morgan fingerprint density at radius 3 is 2.12 bits per heavy atom. The standard InChI is InChI=1S/C20H33N3S/c1-2-14-23(18(7-1)15-21-10-3-4-11-21)17-20-9-8-19(24-20)16-22-12-5-6-13-22/h8-9,18H,1-7,10-17H2. The van der Waals surface area contributed by atoms with Crippen molar-refractivity contribution in [1.82, 2.24) is 14.7 Å². The molecule has 0 aliphatic carbocycles. The van der Waals surface area contributed by atoms with Crippen LogP contribution in [0, 0.1) is 0 Å². The predicted octanol–water partition coefficient (Wildman–Crippen LogP) is 3.79. The summed E-state index contributed by atoms with van der Waals surface area (Å²) in [5.41, 5.74) is 0. The van der Waals surface area contributed by atoms with Crippen molar-refractivity contribution >= 4 is 11.3 Å². The zero-order chi connectivity index (χ0) is 16.2. The average Bonchev–Trinajstić information content (AvgIpc) is 3.33. The second-order valence-electron chi connectivity index (χ2n) is 7.98. The van der Waals surface area contributed by atoms with Crippen LogP contribution in [0.25, 0.3) is 0 Å². The van der Waals surface area contributed by atoms with Gasteiger partial charge in [-0.25, -0.2) is 0 Å². The van der Waals surface area contributed by atoms with Gasteiger partial charge < -0.3 is 4.90 Å². The van der Waals surface area contributed by atoms with Gasteiger partial charge in [-0.2, -0.15) is 0 Å². The van der Waals surface area contributed by atoms with E-state index in [0.717, 1.165) is 6.04 Å². The minimum absolute atomic E-state index is 0.793. The van der Waals surface area contributed by atoms with Crippen LogP contribution in [-0.2, 0) is 13.1 Å². The fraction of sp³-hybridized carbons (Fsp3) is 0.800. The van der Waals surface area contributed by atoms with E-state index in [-0.39, 0.29) is 0 Å². The molecule has 3 aliphatic heterocycles. The molecule has 134 valence electrons. The Balaban J connectivity index is 1.32. The molecule has 0 amide bonds. The number of thiophene rings is 1. The van der Waals surface area contributed by atoms with Crippen LogP contribution in [-0.4, -0.2) is 60.0 Å². The molecule has 4 heteroatoms. The predicted molar refractivity (Wildman–Crippen MR) is 103 cm³/mol. The maximum Gasteiger partial charge on any atom is 0.0331 e. The summed E-state index contributed by atoms with van der Waals surface area (Å²) >= 11 is 2.06. The van der Waals surface area contributed by atoms with Gasteiger partial charge in [-0.1, -0.05) is 6.42 Å². The molecule has 4 heterocycles. The molecule has 0 spiro atoms. The minimum Gasteiger partial charge on any atom is -0.302 e. The van der Waals surface area contributed by atoms with Crippen molar-refractivity contribution in [2.75, 3.05) is 39.3 Å². The third-order valence-corrected chi connectivity index (χ3v) is 7.13. The fourth-order valence-electron chi connectivity index (χ4n) is 4.69. The van der Waals surface area contributed by atoms with Crippen LogP contribution in [0.3, 0.4) is 0 Å². The molecule has 1 aromatic rings. The molecular formula is C20H33N3S. The third kappa shape index (κ3) is 4.40. The Labute approximate surface area is 151 Å². The van der Waals surface area contributed by atoms with E-state index in [9.17, 15) is 0 Å². The van der Waals surface area contributed by atoms with E-state index in [1.807, 2.05) is 0 Å². The number of piperidine rings is 1. The van der Waals surface area contributed by atoms with E-state index >= 15 is 0 Å². The zero-order valence-electron chi connectivity index (χ0n) is 15.1. The van der Waals surface area contributed by atoms with Crippen molar-refractivity contribution in [3.63, 3.8) is 0 Å². The summed E-state index contributed by atoms with van der Waals surface area (Å²) in [6.45, 7) is 10.3. The van der Waals surface area contributed by atoms with Gasteiger partial charge in [-0.3, -0.25) is 9.80 Å². The maximum absolute atomic E-state index is 2.79. The van der Waals surface area contributed by atoms with Gasteiger partial charge in [-0.15, -0.1) is 11.3 Å². The van der Waals surface area contributed by atoms with E-state index in [1.165, 1.54) is 97.3 Å². The molecule has 0 N–H and O–H groups in total. The largest absolute Gasteiger partial charge is 0.302 e. The smallest absolute Gasteiger partial charge is 0.0331 e. The van der Waals surface area contributed by atoms with Gasteiger partial charge in [0, 0.05) is 35.4 Å². The molecule has 0 radical (unpaired) electrons. The highest BCUT2D eigenvalue weighted by Gasteiger charge is 2.26. The lowest BCUT2D eigenvalue weighted by molar-refractivity contribution is 0.107. The topological polar surface area (TPSA) is 9.72 Å². The van der Waals surface area contributed by atoms with E-state index in [4.69, 9.17) is 0 Å². The van der Waals surface area contributed by atoms with E-state index in [0.29, 0.717) is 0 Å². The second-order valence-corrected chi connectivity index (χ2v) is 9.23. The Bertz CT molecular complexity index is 503. The number of nitrogens with zero attached hydrogens (tertiary/aromatic N) is 3. The van der Waals surface area contributed by atoms with Gasteiger partial charge in [0.1, 0.15) is 0 Å². The van der Waals surface area contributed by atoms with Gasteiger partial charge in [-0.05, 0) is 83.4 Å². The molecule has 3 fully saturated rings. The summed E-state index contributed by atoms with van der Waals surface area (Å²) in [4.78, 5) is 11.3. The van der Waals surface area contributed by atoms with Crippen molar-refractivity contribution in [2.45, 2.75) is 64.1 Å². The third-order valence-electron chi connectivity index (χ3n) is 6.07. The van der Waals surface area contributed by atoms with Crippen LogP contribution in [0.2, 0.25) is 0 Å². The van der Waals surface area contributed by atoms with Crippen LogP contribution in [0.1, 0.15) is 54.7 Å². The molecule has 0 bridgehead atoms. The first-order chi connectivity index (χ1) is 11.9. The molecule has 0 saturated carbocycles. The van der Waals surface area contributed by atoms with Crippen molar-refractivity contribution < 1.29 is 0 Å². The Hall–Kier alpha value is -0.420. The van der Waals surface area contributed by atoms with Gasteiger partial charge in [0.25, 0.3) is 0 Å². The highest BCUT2D eigenvalue weighted by molar-refractivity contribution is 7.11. The lowest BCUT2D eigenvalue weighted by atomic mass is 10.0. The van der Waals surface area contributed by atoms with Crippen molar-refractivity contribution in [1.29, 1.82) is 0 Å². The summed E-state index contributed by atoms with van der Waals surface area (Å²) < 4.78 is 0. The SMILES string of the molecule is c1cc(CN2CCCCC2CN2CCCC2)sc1CN1CCCC1. The summed E-state index contributed by atoms with van der Waals surface area (Å²) in [7, 11) is 0. The average molecular weight is 348 g/mol. The number of hydrogen-bond acceptors (Lipinski definition) is 4. The first kappa shape index (κ1) is 17.0. The highest BCUT2D eigenvalue weighted by Crippen LogP contribution is 2.26.